The third-order valence-electron chi connectivity index (χ3n) is 2.83. The van der Waals surface area contributed by atoms with Gasteiger partial charge >= 0.3 is 5.97 Å². The lowest BCUT2D eigenvalue weighted by Crippen LogP contribution is -2.40. The molecule has 0 fully saturated rings. The normalized spacial score (nSPS) is 11.1. The minimum Gasteiger partial charge on any atom is -0.480 e. The molecule has 2 amide bonds. The maximum atomic E-state index is 12.1. The molecular weight excluding hydrogens is 286 g/mol. The van der Waals surface area contributed by atoms with Crippen LogP contribution in [0.15, 0.2) is 24.3 Å². The third-order valence-corrected chi connectivity index (χ3v) is 2.83. The van der Waals surface area contributed by atoms with Gasteiger partial charge < -0.3 is 15.7 Å². The van der Waals surface area contributed by atoms with Gasteiger partial charge in [-0.2, -0.15) is 5.26 Å². The number of anilines is 1. The van der Waals surface area contributed by atoms with E-state index in [1.165, 1.54) is 19.1 Å². The Morgan fingerprint density at radius 3 is 2.68 bits per heavy atom. The van der Waals surface area contributed by atoms with Crippen LogP contribution in [0.3, 0.4) is 0 Å². The highest BCUT2D eigenvalue weighted by molar-refractivity contribution is 5.98. The topological polar surface area (TPSA) is 119 Å². The van der Waals surface area contributed by atoms with Crippen LogP contribution in [0.4, 0.5) is 5.69 Å². The van der Waals surface area contributed by atoms with Gasteiger partial charge in [0.05, 0.1) is 6.07 Å². The number of unbranched alkanes of at least 4 members (excludes halogenated alkanes) is 1. The standard InChI is InChI=1S/C15H17N3O4/c1-10(19)17-12-6-4-5-11(9-12)14(20)18-13(15(21)22)7-2-3-8-16/h4-6,9,13H,2-3,7H2,1H3,(H,17,19)(H,18,20)(H,21,22)/t13-/m1/s1. The fraction of sp³-hybridized carbons (Fsp3) is 0.333. The molecule has 0 saturated heterocycles. The van der Waals surface area contributed by atoms with E-state index >= 15 is 0 Å². The first-order valence-corrected chi connectivity index (χ1v) is 6.72. The molecule has 22 heavy (non-hydrogen) atoms. The number of benzene rings is 1. The Balaban J connectivity index is 2.75. The molecule has 0 radical (unpaired) electrons. The summed E-state index contributed by atoms with van der Waals surface area (Å²) >= 11 is 0. The summed E-state index contributed by atoms with van der Waals surface area (Å²) in [5.74, 6) is -1.96. The van der Waals surface area contributed by atoms with E-state index in [1.54, 1.807) is 12.1 Å². The van der Waals surface area contributed by atoms with Crippen molar-refractivity contribution in [2.45, 2.75) is 32.2 Å². The Labute approximate surface area is 127 Å². The molecule has 1 atom stereocenters. The van der Waals surface area contributed by atoms with Crippen molar-refractivity contribution < 1.29 is 19.5 Å². The zero-order valence-corrected chi connectivity index (χ0v) is 12.1. The summed E-state index contributed by atoms with van der Waals surface area (Å²) in [7, 11) is 0. The molecule has 1 aromatic carbocycles. The van der Waals surface area contributed by atoms with Crippen molar-refractivity contribution in [2.24, 2.45) is 0 Å². The fourth-order valence-electron chi connectivity index (χ4n) is 1.83. The number of nitrogens with zero attached hydrogens (tertiary/aromatic N) is 1. The molecule has 0 heterocycles. The van der Waals surface area contributed by atoms with E-state index in [2.05, 4.69) is 10.6 Å². The first-order valence-electron chi connectivity index (χ1n) is 6.72. The Bertz CT molecular complexity index is 607. The molecule has 0 aliphatic heterocycles. The van der Waals surface area contributed by atoms with Crippen LogP contribution in [0.5, 0.6) is 0 Å². The van der Waals surface area contributed by atoms with Gasteiger partial charge in [0, 0.05) is 24.6 Å². The van der Waals surface area contributed by atoms with Crippen LogP contribution in [0.2, 0.25) is 0 Å². The molecule has 0 bridgehead atoms. The van der Waals surface area contributed by atoms with Crippen molar-refractivity contribution in [1.29, 1.82) is 5.26 Å². The Morgan fingerprint density at radius 1 is 1.36 bits per heavy atom. The largest absolute Gasteiger partial charge is 0.480 e. The average molecular weight is 303 g/mol. The number of aliphatic carboxylic acids is 1. The molecule has 0 saturated carbocycles. The van der Waals surface area contributed by atoms with Gasteiger partial charge in [-0.1, -0.05) is 6.07 Å². The van der Waals surface area contributed by atoms with Crippen molar-refractivity contribution in [3.8, 4) is 6.07 Å². The number of rotatable bonds is 7. The molecule has 0 spiro atoms. The summed E-state index contributed by atoms with van der Waals surface area (Å²) in [6.07, 6.45) is 0.803. The summed E-state index contributed by atoms with van der Waals surface area (Å²) in [6, 6.07) is 7.08. The van der Waals surface area contributed by atoms with Gasteiger partial charge in [-0.15, -0.1) is 0 Å². The number of nitrogens with one attached hydrogen (secondary N) is 2. The predicted molar refractivity (Wildman–Crippen MR) is 79.1 cm³/mol. The quantitative estimate of drug-likeness (QED) is 0.660. The number of carbonyl (C=O) groups excluding carboxylic acids is 2. The van der Waals surface area contributed by atoms with Gasteiger partial charge in [0.1, 0.15) is 6.04 Å². The number of hydrogen-bond donors (Lipinski definition) is 3. The van der Waals surface area contributed by atoms with Crippen molar-refractivity contribution in [1.82, 2.24) is 5.32 Å². The predicted octanol–water partition coefficient (Wildman–Crippen LogP) is 1.52. The number of carboxylic acids is 1. The maximum Gasteiger partial charge on any atom is 0.326 e. The van der Waals surface area contributed by atoms with Crippen molar-refractivity contribution in [3.05, 3.63) is 29.8 Å². The van der Waals surface area contributed by atoms with Crippen molar-refractivity contribution in [2.75, 3.05) is 5.32 Å². The lowest BCUT2D eigenvalue weighted by atomic mass is 10.1. The van der Waals surface area contributed by atoms with Crippen LogP contribution >= 0.6 is 0 Å². The fourth-order valence-corrected chi connectivity index (χ4v) is 1.83. The average Bonchev–Trinajstić information content (AvgIpc) is 2.45. The van der Waals surface area contributed by atoms with Gasteiger partial charge in [-0.25, -0.2) is 4.79 Å². The Morgan fingerprint density at radius 2 is 2.09 bits per heavy atom. The molecular formula is C15H17N3O4. The molecule has 1 aromatic rings. The van der Waals surface area contributed by atoms with Gasteiger partial charge in [0.25, 0.3) is 5.91 Å². The lowest BCUT2D eigenvalue weighted by molar-refractivity contribution is -0.139. The molecule has 116 valence electrons. The van der Waals surface area contributed by atoms with Gasteiger partial charge in [-0.05, 0) is 31.0 Å². The Kier molecular flexibility index (Phi) is 6.57. The number of carboxylic acid groups (broad SMARTS) is 1. The van der Waals surface area contributed by atoms with Crippen LogP contribution < -0.4 is 10.6 Å². The molecule has 1 rings (SSSR count). The smallest absolute Gasteiger partial charge is 0.326 e. The second kappa shape index (κ2) is 8.42. The van der Waals surface area contributed by atoms with Gasteiger partial charge in [-0.3, -0.25) is 9.59 Å². The van der Waals surface area contributed by atoms with Gasteiger partial charge in [0.15, 0.2) is 0 Å². The number of carbonyl (C=O) groups is 3. The second-order valence-corrected chi connectivity index (χ2v) is 4.68. The summed E-state index contributed by atoms with van der Waals surface area (Å²) in [5.41, 5.74) is 0.703. The summed E-state index contributed by atoms with van der Waals surface area (Å²) in [4.78, 5) is 34.2. The highest BCUT2D eigenvalue weighted by atomic mass is 16.4. The van der Waals surface area contributed by atoms with Crippen molar-refractivity contribution >= 4 is 23.5 Å². The summed E-state index contributed by atoms with van der Waals surface area (Å²) < 4.78 is 0. The van der Waals surface area contributed by atoms with Crippen LogP contribution in [-0.2, 0) is 9.59 Å². The van der Waals surface area contributed by atoms with Crippen molar-refractivity contribution in [3.63, 3.8) is 0 Å². The number of hydrogen-bond acceptors (Lipinski definition) is 4. The van der Waals surface area contributed by atoms with Gasteiger partial charge in [0.2, 0.25) is 5.91 Å². The van der Waals surface area contributed by atoms with E-state index in [0.29, 0.717) is 12.1 Å². The highest BCUT2D eigenvalue weighted by Gasteiger charge is 2.20. The molecule has 0 unspecified atom stereocenters. The van der Waals surface area contributed by atoms with E-state index in [-0.39, 0.29) is 24.3 Å². The summed E-state index contributed by atoms with van der Waals surface area (Å²) in [6.45, 7) is 1.35. The maximum absolute atomic E-state index is 12.1. The molecule has 0 aliphatic rings. The van der Waals surface area contributed by atoms with E-state index in [9.17, 15) is 14.4 Å². The number of nitriles is 1. The third kappa shape index (κ3) is 5.63. The first kappa shape index (κ1) is 17.2. The van der Waals surface area contributed by atoms with E-state index in [4.69, 9.17) is 10.4 Å². The lowest BCUT2D eigenvalue weighted by Gasteiger charge is -2.14. The van der Waals surface area contributed by atoms with E-state index < -0.39 is 17.9 Å². The molecule has 0 aromatic heterocycles. The zero-order valence-electron chi connectivity index (χ0n) is 12.1. The molecule has 7 nitrogen and oxygen atoms in total. The van der Waals surface area contributed by atoms with Crippen LogP contribution in [0, 0.1) is 11.3 Å². The second-order valence-electron chi connectivity index (χ2n) is 4.68. The zero-order chi connectivity index (χ0) is 16.5. The molecule has 3 N–H and O–H groups in total. The minimum atomic E-state index is -1.15. The SMILES string of the molecule is CC(=O)Nc1cccc(C(=O)N[C@H](CCCC#N)C(=O)O)c1. The first-order chi connectivity index (χ1) is 10.4. The van der Waals surface area contributed by atoms with Crippen LogP contribution in [0.1, 0.15) is 36.5 Å². The van der Waals surface area contributed by atoms with Crippen LogP contribution in [0.25, 0.3) is 0 Å². The highest BCUT2D eigenvalue weighted by Crippen LogP contribution is 2.11. The van der Waals surface area contributed by atoms with E-state index in [0.717, 1.165) is 0 Å². The molecule has 0 aliphatic carbocycles. The monoisotopic (exact) mass is 303 g/mol. The number of amides is 2. The molecule has 7 heteroatoms. The minimum absolute atomic E-state index is 0.181. The Hall–Kier alpha value is -2.88. The van der Waals surface area contributed by atoms with E-state index in [1.807, 2.05) is 6.07 Å². The summed E-state index contributed by atoms with van der Waals surface area (Å²) in [5, 5.41) is 22.5. The van der Waals surface area contributed by atoms with Crippen LogP contribution in [-0.4, -0.2) is 28.9 Å².